The fraction of sp³-hybridized carbons (Fsp3) is 0.526. The molecule has 15 atom stereocenters. The van der Waals surface area contributed by atoms with Gasteiger partial charge >= 0.3 is 23.9 Å². The summed E-state index contributed by atoms with van der Waals surface area (Å²) in [7, 11) is 0. The fourth-order valence-electron chi connectivity index (χ4n) is 15.1. The Hall–Kier alpha value is -14.4. The molecule has 0 radical (unpaired) electrons. The molecule has 2 unspecified atom stereocenters. The van der Waals surface area contributed by atoms with Crippen molar-refractivity contribution in [1.82, 2.24) is 89.1 Å². The van der Waals surface area contributed by atoms with Gasteiger partial charge in [0.25, 0.3) is 0 Å². The molecule has 25 N–H and O–H groups in total. The minimum absolute atomic E-state index is 0.176. The number of carbonyl (C=O) groups excluding carboxylic acids is 19. The van der Waals surface area contributed by atoms with Gasteiger partial charge in [-0.15, -0.1) is 35.3 Å². The highest BCUT2D eigenvalue weighted by atomic mass is 32.2. The van der Waals surface area contributed by atoms with Gasteiger partial charge in [-0.2, -0.15) is 0 Å². The van der Waals surface area contributed by atoms with Gasteiger partial charge in [0, 0.05) is 88.6 Å². The van der Waals surface area contributed by atoms with E-state index >= 15 is 24.0 Å². The fourth-order valence-corrected chi connectivity index (χ4v) is 17.9. The Morgan fingerprint density at radius 3 is 1.23 bits per heavy atom. The second kappa shape index (κ2) is 60.8. The lowest BCUT2D eigenvalue weighted by Crippen LogP contribution is -2.62. The summed E-state index contributed by atoms with van der Waals surface area (Å²) in [4.78, 5) is 331. The summed E-state index contributed by atoms with van der Waals surface area (Å²) >= 11 is 2.31. The number of primary amides is 2. The minimum Gasteiger partial charge on any atom is -0.508 e. The molecule has 0 aromatic heterocycles. The molecule has 51 nitrogen and oxygen atoms in total. The van der Waals surface area contributed by atoms with Crippen LogP contribution in [0.25, 0.3) is 10.8 Å². The number of aromatic hydroxyl groups is 1. The van der Waals surface area contributed by atoms with Crippen LogP contribution in [0.4, 0.5) is 0 Å². The number of ether oxygens (including phenoxy) is 3. The molecule has 4 aromatic rings. The van der Waals surface area contributed by atoms with E-state index in [9.17, 15) is 112 Å². The van der Waals surface area contributed by atoms with Crippen molar-refractivity contribution in [3.63, 3.8) is 0 Å². The highest BCUT2D eigenvalue weighted by molar-refractivity contribution is 8.00. The number of hydrogen-bond acceptors (Lipinski definition) is 31. The number of nitrogens with one attached hydrogen (secondary N) is 14. The van der Waals surface area contributed by atoms with Crippen LogP contribution in [0.15, 0.2) is 97.1 Å². The summed E-state index contributed by atoms with van der Waals surface area (Å²) in [5.74, 6) is -31.5. The van der Waals surface area contributed by atoms with Gasteiger partial charge in [-0.05, 0) is 78.6 Å². The standard InChI is InChI=1S/C95H130N20O31S3/c1-51(96)81(130)110-69-46-148-49-73(119)114-29-35-144-33-27-113-28-34-145-37-31-115(32-38-146-36-30-114)74(120)50-149-47-70(111-83(132)53(3)99-86(135)64(41-57-17-12-16-56-15-10-11-18-59(56)57)106-84(133)60(23-25-75(121)122)101-89(138)65(42-71(97)117)103-82(131)52(2)100-92(69)141)93(142)102-61(24-26-76(123)124)85(134)107-66(43-77(125)126)90(139)105-62(39-54-13-8-7-9-14-54)87(136)104-63(40-55-19-21-58(116)22-20-55)88(137)108-67(44-78(127)128)91(140)112-79(95(4,5)6)94(143)109-68(80(98)129)45-147-48-72(113)118/h7-22,51-53,60-70,79,116H,23-50,96H2,1-6H3,(H2,97,117)(H2,98,129)(H,99,135)(H,100,141)(H,101,138)(H,102,142)(H,103,131)(H,104,136)(H,105,139)(H,106,133)(H,107,134)(H,108,137)(H,109,143)(H,110,130)(H,111,132)(H,112,140)(H,121,122)(H,123,124)(H,125,126)(H,127,128)/t51-,52+,53+,60-,61-,62-,63-,64-,65-,66?,67?,68-,69-,70+,79+/m0/s1. The van der Waals surface area contributed by atoms with Crippen LogP contribution < -0.4 is 91.6 Å². The molecule has 3 heterocycles. The Balaban J connectivity index is 1.39. The molecular weight excluding hydrogens is 2010 g/mol. The number of phenols is 1. The molecule has 814 valence electrons. The van der Waals surface area contributed by atoms with E-state index in [-0.39, 0.29) is 95.8 Å². The summed E-state index contributed by atoms with van der Waals surface area (Å²) in [6.07, 6.45) is -8.57. The first-order chi connectivity index (χ1) is 70.5. The molecule has 19 amide bonds. The van der Waals surface area contributed by atoms with E-state index in [0.29, 0.717) is 28.1 Å². The van der Waals surface area contributed by atoms with Crippen molar-refractivity contribution < 1.29 is 150 Å². The number of amides is 19. The van der Waals surface area contributed by atoms with Crippen molar-refractivity contribution in [1.29, 1.82) is 0 Å². The SMILES string of the molecule is C[C@H](N)C(=O)N[C@H]1CSCC(=O)N2CCOCCN3CCOCCN(CCOCC2)C(=O)CSC[C@@H](NC(=O)[C@@H](C)NC(=O)[C@H](Cc2cccc4ccccc24)NC(=O)[C@H](CCC(=O)O)NC(=O)[C@H](CC(N)=O)NC(=O)[C@@H](C)NC1=O)C(=O)N[C@@H](CCC(=O)O)C(=O)NC(CC(=O)O)C(=O)N[C@@H](Cc1ccccc1)C(=O)N[C@@H](Cc1ccc(O)cc1)C(=O)NC(CC(=O)O)C(=O)N[C@@H](C(C)(C)C)C(=O)N[C@H](C(N)=O)CSCC3=O. The Kier molecular flexibility index (Phi) is 49.6. The maximum atomic E-state index is 15.4. The van der Waals surface area contributed by atoms with Crippen LogP contribution in [0.5, 0.6) is 5.75 Å². The van der Waals surface area contributed by atoms with Crippen LogP contribution in [0.2, 0.25) is 0 Å². The summed E-state index contributed by atoms with van der Waals surface area (Å²) < 4.78 is 18.1. The molecule has 0 saturated carbocycles. The van der Waals surface area contributed by atoms with Crippen molar-refractivity contribution in [3.05, 3.63) is 114 Å². The third kappa shape index (κ3) is 42.1. The smallest absolute Gasteiger partial charge is 0.305 e. The van der Waals surface area contributed by atoms with Crippen LogP contribution in [0.3, 0.4) is 0 Å². The Morgan fingerprint density at radius 2 is 0.779 bits per heavy atom. The number of nitrogens with zero attached hydrogens (tertiary/aromatic N) is 3. The second-order valence-corrected chi connectivity index (χ2v) is 39.4. The number of carbonyl (C=O) groups is 23. The van der Waals surface area contributed by atoms with Gasteiger partial charge in [-0.3, -0.25) is 110 Å². The molecule has 0 spiro atoms. The molecule has 3 aliphatic heterocycles. The van der Waals surface area contributed by atoms with E-state index in [4.69, 9.17) is 31.4 Å². The van der Waals surface area contributed by atoms with Crippen LogP contribution in [0, 0.1) is 5.41 Å². The number of fused-ring (bicyclic) bond motifs is 15. The Labute approximate surface area is 868 Å². The minimum atomic E-state index is -2.29. The van der Waals surface area contributed by atoms with Gasteiger partial charge in [0.05, 0.1) is 82.2 Å². The highest BCUT2D eigenvalue weighted by Crippen LogP contribution is 2.25. The molecule has 54 heteroatoms. The van der Waals surface area contributed by atoms with Crippen LogP contribution in [0.1, 0.15) is 103 Å². The van der Waals surface area contributed by atoms with Crippen molar-refractivity contribution in [2.75, 3.05) is 113 Å². The molecular formula is C95H130N20O31S3. The Bertz CT molecular complexity index is 5430. The zero-order valence-corrected chi connectivity index (χ0v) is 85.3. The number of carboxylic acid groups (broad SMARTS) is 4. The number of carboxylic acids is 4. The van der Waals surface area contributed by atoms with Crippen LogP contribution in [-0.2, 0) is 144 Å². The van der Waals surface area contributed by atoms with Gasteiger partial charge in [-0.25, -0.2) is 0 Å². The number of thioether (sulfide) groups is 3. The normalized spacial score (nSPS) is 24.5. The summed E-state index contributed by atoms with van der Waals surface area (Å²) in [5.41, 5.74) is 16.9. The predicted molar refractivity (Wildman–Crippen MR) is 537 cm³/mol. The van der Waals surface area contributed by atoms with Gasteiger partial charge in [-0.1, -0.05) is 106 Å². The number of benzene rings is 4. The first-order valence-electron chi connectivity index (χ1n) is 47.6. The van der Waals surface area contributed by atoms with Gasteiger partial charge < -0.3 is 146 Å². The van der Waals surface area contributed by atoms with E-state index < -0.39 is 331 Å². The van der Waals surface area contributed by atoms with Crippen LogP contribution in [-0.4, -0.2) is 380 Å². The van der Waals surface area contributed by atoms with Gasteiger partial charge in [0.1, 0.15) is 90.3 Å². The topological polar surface area (TPSA) is 778 Å². The maximum Gasteiger partial charge on any atom is 0.305 e. The predicted octanol–water partition coefficient (Wildman–Crippen LogP) is -6.39. The van der Waals surface area contributed by atoms with E-state index in [2.05, 4.69) is 74.4 Å². The summed E-state index contributed by atoms with van der Waals surface area (Å²) in [6, 6.07) is -3.52. The molecule has 4 aromatic carbocycles. The van der Waals surface area contributed by atoms with Crippen molar-refractivity contribution in [2.45, 2.75) is 196 Å². The molecule has 4 bridgehead atoms. The largest absolute Gasteiger partial charge is 0.508 e. The van der Waals surface area contributed by atoms with Crippen LogP contribution >= 0.6 is 35.3 Å². The van der Waals surface area contributed by atoms with E-state index in [1.54, 1.807) is 48.5 Å². The van der Waals surface area contributed by atoms with Gasteiger partial charge in [0.15, 0.2) is 0 Å². The molecule has 3 aliphatic rings. The number of phenolic OH excluding ortho intramolecular Hbond substituents is 1. The molecule has 7 rings (SSSR count). The molecule has 0 aliphatic carbocycles. The lowest BCUT2D eigenvalue weighted by atomic mass is 9.85. The zero-order chi connectivity index (χ0) is 110. The number of hydrogen-bond donors (Lipinski definition) is 22. The second-order valence-electron chi connectivity index (χ2n) is 36.3. The zero-order valence-electron chi connectivity index (χ0n) is 82.8. The maximum absolute atomic E-state index is 15.4. The summed E-state index contributed by atoms with van der Waals surface area (Å²) in [5, 5.41) is 85.9. The molecule has 3 saturated heterocycles. The third-order valence-electron chi connectivity index (χ3n) is 23.4. The summed E-state index contributed by atoms with van der Waals surface area (Å²) in [6.45, 7) is 5.32. The average molecular weight is 2140 g/mol. The first kappa shape index (κ1) is 122. The van der Waals surface area contributed by atoms with E-state index in [1.807, 2.05) is 0 Å². The molecule has 3 fully saturated rings. The first-order valence-corrected chi connectivity index (χ1v) is 51.0. The number of aliphatic carboxylic acids is 4. The lowest BCUT2D eigenvalue weighted by molar-refractivity contribution is -0.142. The van der Waals surface area contributed by atoms with Gasteiger partial charge in [0.2, 0.25) is 112 Å². The Morgan fingerprint density at radius 1 is 0.403 bits per heavy atom. The average Bonchev–Trinajstić information content (AvgIpc) is 0.827. The molecule has 149 heavy (non-hydrogen) atoms. The lowest BCUT2D eigenvalue weighted by Gasteiger charge is -2.33. The van der Waals surface area contributed by atoms with E-state index in [1.165, 1.54) is 90.9 Å². The third-order valence-corrected chi connectivity index (χ3v) is 26.4. The quantitative estimate of drug-likeness (QED) is 0.0369. The number of nitrogens with two attached hydrogens (primary N) is 3. The van der Waals surface area contributed by atoms with Crippen molar-refractivity contribution in [3.8, 4) is 5.75 Å². The highest BCUT2D eigenvalue weighted by Gasteiger charge is 2.42. The van der Waals surface area contributed by atoms with Crippen molar-refractivity contribution in [2.24, 2.45) is 22.6 Å². The van der Waals surface area contributed by atoms with Crippen molar-refractivity contribution >= 4 is 182 Å². The van der Waals surface area contributed by atoms with E-state index in [0.717, 1.165) is 37.4 Å². The monoisotopic (exact) mass is 2140 g/mol. The number of rotatable bonds is 21.